The van der Waals surface area contributed by atoms with Gasteiger partial charge in [-0.15, -0.1) is 0 Å². The number of aromatic nitrogens is 4. The molecule has 9 heteroatoms. The zero-order chi connectivity index (χ0) is 22.5. The average molecular weight is 562 g/mol. The molecule has 5 nitrogen and oxygen atoms in total. The summed E-state index contributed by atoms with van der Waals surface area (Å²) in [5, 5.41) is 17.9. The van der Waals surface area contributed by atoms with Crippen LogP contribution >= 0.6 is 31.9 Å². The third-order valence-corrected chi connectivity index (χ3v) is 6.52. The van der Waals surface area contributed by atoms with E-state index < -0.39 is 17.2 Å². The molecular formula is C23H16Br2F2N4O. The average Bonchev–Trinajstić information content (AvgIpc) is 3.34. The molecule has 2 heterocycles. The highest BCUT2D eigenvalue weighted by molar-refractivity contribution is 9.10. The van der Waals surface area contributed by atoms with Crippen molar-refractivity contribution in [3.05, 3.63) is 93.4 Å². The summed E-state index contributed by atoms with van der Waals surface area (Å²) in [6.45, 7) is -0.0531. The molecule has 0 spiro atoms. The quantitative estimate of drug-likeness (QED) is 0.296. The third kappa shape index (κ3) is 3.74. The van der Waals surface area contributed by atoms with Gasteiger partial charge in [-0.3, -0.25) is 0 Å². The van der Waals surface area contributed by atoms with Crippen molar-refractivity contribution in [2.75, 3.05) is 0 Å². The van der Waals surface area contributed by atoms with Crippen LogP contribution in [0.1, 0.15) is 5.56 Å². The first kappa shape index (κ1) is 21.2. The zero-order valence-electron chi connectivity index (χ0n) is 16.5. The first-order valence-corrected chi connectivity index (χ1v) is 11.3. The first-order valence-electron chi connectivity index (χ1n) is 9.71. The number of aliphatic hydroxyl groups is 1. The lowest BCUT2D eigenvalue weighted by atomic mass is 9.92. The SMILES string of the molecule is OC(Cn1cncn1)(Cn1c2ccc(Br)cc2c2cc(Br)ccc21)c1ccc(F)cc1F. The van der Waals surface area contributed by atoms with E-state index in [1.54, 1.807) is 0 Å². The van der Waals surface area contributed by atoms with Crippen molar-refractivity contribution < 1.29 is 13.9 Å². The maximum atomic E-state index is 14.9. The number of halogens is 4. The highest BCUT2D eigenvalue weighted by atomic mass is 79.9. The van der Waals surface area contributed by atoms with Crippen LogP contribution in [0.15, 0.2) is 76.2 Å². The molecule has 5 aromatic rings. The van der Waals surface area contributed by atoms with Crippen LogP contribution < -0.4 is 0 Å². The van der Waals surface area contributed by atoms with E-state index >= 15 is 0 Å². The molecule has 3 aromatic carbocycles. The second kappa shape index (κ2) is 8.06. The van der Waals surface area contributed by atoms with E-state index in [9.17, 15) is 13.9 Å². The lowest BCUT2D eigenvalue weighted by Crippen LogP contribution is -2.37. The van der Waals surface area contributed by atoms with Gasteiger partial charge in [0, 0.05) is 42.4 Å². The highest BCUT2D eigenvalue weighted by Gasteiger charge is 2.35. The van der Waals surface area contributed by atoms with Gasteiger partial charge < -0.3 is 9.67 Å². The second-order valence-corrected chi connectivity index (χ2v) is 9.49. The number of hydrogen-bond donors (Lipinski definition) is 1. The van der Waals surface area contributed by atoms with Gasteiger partial charge in [0.1, 0.15) is 29.9 Å². The Hall–Kier alpha value is -2.62. The Morgan fingerprint density at radius 1 is 0.875 bits per heavy atom. The molecule has 1 N–H and O–H groups in total. The summed E-state index contributed by atoms with van der Waals surface area (Å²) in [6, 6.07) is 15.0. The number of hydrogen-bond acceptors (Lipinski definition) is 3. The molecular weight excluding hydrogens is 546 g/mol. The lowest BCUT2D eigenvalue weighted by molar-refractivity contribution is -0.00340. The third-order valence-electron chi connectivity index (χ3n) is 5.53. The van der Waals surface area contributed by atoms with Crippen molar-refractivity contribution in [2.24, 2.45) is 0 Å². The summed E-state index contributed by atoms with van der Waals surface area (Å²) >= 11 is 7.05. The zero-order valence-corrected chi connectivity index (χ0v) is 19.7. The Balaban J connectivity index is 1.73. The molecule has 0 radical (unpaired) electrons. The normalized spacial score (nSPS) is 13.7. The van der Waals surface area contributed by atoms with Crippen molar-refractivity contribution in [2.45, 2.75) is 18.7 Å². The van der Waals surface area contributed by atoms with Gasteiger partial charge in [0.25, 0.3) is 0 Å². The number of rotatable bonds is 5. The monoisotopic (exact) mass is 560 g/mol. The van der Waals surface area contributed by atoms with Crippen LogP contribution in [0.25, 0.3) is 21.8 Å². The van der Waals surface area contributed by atoms with E-state index in [0.717, 1.165) is 42.9 Å². The Bertz CT molecular complexity index is 1390. The molecule has 0 bridgehead atoms. The van der Waals surface area contributed by atoms with E-state index in [1.807, 2.05) is 41.0 Å². The minimum atomic E-state index is -1.73. The fraction of sp³-hybridized carbons (Fsp3) is 0.130. The van der Waals surface area contributed by atoms with Gasteiger partial charge in [-0.25, -0.2) is 18.4 Å². The summed E-state index contributed by atoms with van der Waals surface area (Å²) in [4.78, 5) is 3.92. The predicted molar refractivity (Wildman–Crippen MR) is 125 cm³/mol. The van der Waals surface area contributed by atoms with Crippen molar-refractivity contribution in [3.63, 3.8) is 0 Å². The molecule has 162 valence electrons. The molecule has 5 rings (SSSR count). The maximum Gasteiger partial charge on any atom is 0.137 e. The van der Waals surface area contributed by atoms with Crippen LogP contribution in [0, 0.1) is 11.6 Å². The largest absolute Gasteiger partial charge is 0.381 e. The fourth-order valence-corrected chi connectivity index (χ4v) is 4.87. The summed E-state index contributed by atoms with van der Waals surface area (Å²) < 4.78 is 33.7. The van der Waals surface area contributed by atoms with Gasteiger partial charge in [-0.05, 0) is 42.5 Å². The van der Waals surface area contributed by atoms with Crippen molar-refractivity contribution in [1.29, 1.82) is 0 Å². The molecule has 0 aliphatic rings. The molecule has 1 unspecified atom stereocenters. The van der Waals surface area contributed by atoms with E-state index in [-0.39, 0.29) is 18.7 Å². The van der Waals surface area contributed by atoms with Crippen LogP contribution in [0.4, 0.5) is 8.78 Å². The minimum Gasteiger partial charge on any atom is -0.381 e. The standard InChI is InChI=1S/C23H16Br2F2N4O/c24-14-1-5-21-17(7-14)18-8-15(25)2-6-22(18)31(21)11-23(32,10-30-13-28-12-29-30)19-4-3-16(26)9-20(19)27/h1-9,12-13,32H,10-11H2. The molecule has 0 saturated carbocycles. The van der Waals surface area contributed by atoms with Crippen LogP contribution in [0.2, 0.25) is 0 Å². The van der Waals surface area contributed by atoms with Gasteiger partial charge >= 0.3 is 0 Å². The van der Waals surface area contributed by atoms with E-state index in [0.29, 0.717) is 0 Å². The molecule has 0 amide bonds. The predicted octanol–water partition coefficient (Wildman–Crippen LogP) is 5.78. The number of benzene rings is 3. The van der Waals surface area contributed by atoms with E-state index in [4.69, 9.17) is 0 Å². The van der Waals surface area contributed by atoms with Crippen LogP contribution in [-0.2, 0) is 18.7 Å². The van der Waals surface area contributed by atoms with Gasteiger partial charge in [-0.1, -0.05) is 37.9 Å². The topological polar surface area (TPSA) is 55.9 Å². The van der Waals surface area contributed by atoms with Gasteiger partial charge in [0.15, 0.2) is 0 Å². The fourth-order valence-electron chi connectivity index (χ4n) is 4.15. The molecule has 32 heavy (non-hydrogen) atoms. The van der Waals surface area contributed by atoms with Gasteiger partial charge in [0.2, 0.25) is 0 Å². The molecule has 0 fully saturated rings. The Kier molecular flexibility index (Phi) is 5.35. The summed E-state index contributed by atoms with van der Waals surface area (Å²) in [5.41, 5.74) is 0.00475. The summed E-state index contributed by atoms with van der Waals surface area (Å²) in [7, 11) is 0. The smallest absolute Gasteiger partial charge is 0.137 e. The highest BCUT2D eigenvalue weighted by Crippen LogP contribution is 2.36. The molecule has 1 atom stereocenters. The second-order valence-electron chi connectivity index (χ2n) is 7.66. The van der Waals surface area contributed by atoms with E-state index in [1.165, 1.54) is 23.4 Å². The van der Waals surface area contributed by atoms with Crippen molar-refractivity contribution >= 4 is 53.7 Å². The first-order chi connectivity index (χ1) is 15.3. The van der Waals surface area contributed by atoms with Crippen molar-refractivity contribution in [1.82, 2.24) is 19.3 Å². The number of fused-ring (bicyclic) bond motifs is 3. The minimum absolute atomic E-state index is 0.0126. The van der Waals surface area contributed by atoms with Crippen LogP contribution in [0.3, 0.4) is 0 Å². The summed E-state index contributed by atoms with van der Waals surface area (Å²) in [6.07, 6.45) is 2.80. The van der Waals surface area contributed by atoms with Gasteiger partial charge in [-0.2, -0.15) is 5.10 Å². The van der Waals surface area contributed by atoms with Crippen molar-refractivity contribution in [3.8, 4) is 0 Å². The van der Waals surface area contributed by atoms with Crippen LogP contribution in [0.5, 0.6) is 0 Å². The Morgan fingerprint density at radius 3 is 2.09 bits per heavy atom. The van der Waals surface area contributed by atoms with Gasteiger partial charge in [0.05, 0.1) is 13.1 Å². The molecule has 0 aliphatic carbocycles. The van der Waals surface area contributed by atoms with E-state index in [2.05, 4.69) is 41.9 Å². The number of nitrogens with zero attached hydrogens (tertiary/aromatic N) is 4. The Labute approximate surface area is 198 Å². The van der Waals surface area contributed by atoms with Crippen LogP contribution in [-0.4, -0.2) is 24.4 Å². The Morgan fingerprint density at radius 2 is 1.53 bits per heavy atom. The molecule has 2 aromatic heterocycles. The molecule has 0 saturated heterocycles. The summed E-state index contributed by atoms with van der Waals surface area (Å²) in [5.74, 6) is -1.53. The lowest BCUT2D eigenvalue weighted by Gasteiger charge is -2.30. The molecule has 0 aliphatic heterocycles. The maximum absolute atomic E-state index is 14.9.